The Balaban J connectivity index is 0.632. The van der Waals surface area contributed by atoms with Gasteiger partial charge in [0.2, 0.25) is 23.6 Å². The van der Waals surface area contributed by atoms with E-state index >= 15 is 0 Å². The van der Waals surface area contributed by atoms with Gasteiger partial charge in [-0.05, 0) is 129 Å². The Morgan fingerprint density at radius 2 is 1.41 bits per heavy atom. The van der Waals surface area contributed by atoms with E-state index < -0.39 is 11.8 Å². The zero-order chi connectivity index (χ0) is 65.8. The van der Waals surface area contributed by atoms with Crippen LogP contribution in [0.3, 0.4) is 0 Å². The quantitative estimate of drug-likeness (QED) is 0.0229. The van der Waals surface area contributed by atoms with E-state index in [0.717, 1.165) is 120 Å². The average molecular weight is 1270 g/mol. The molecule has 2 saturated heterocycles. The largest absolute Gasteiger partial charge is 0.494 e. The smallest absolute Gasteiger partial charge is 0.243 e. The van der Waals surface area contributed by atoms with E-state index in [0.29, 0.717) is 75.6 Å². The number of hydrogen-bond acceptors (Lipinski definition) is 16. The standard InChI is InChI=1S/C71H96N16O6/c1-9-26-86(65(90)17-12-35-92-54-15-10-14-48(37-54)68-76-57-21-18-49(40-60(57)79-68)69-77-58-22-19-52(41-61(58)80-69)84-31-27-82(7)28-32-84)46-66(91)87(45-63(73)88)44-51(72)43-74-24-13-25-75-64(89)16-11-36-93-67-55(47(2)3)38-50(39-56(67)71(4,5)6)70-78-59-23-20-53(42-62(59)81-70)85-33-29-83(8)30-34-85/h10,14-15,18-23,37-43,47,59,62,74H,9,11-13,16-17,24-36,44-46,72H2,1-8H3,(H2,73,88)(H,75,89)(H,76,79)(H,77,80)(H,78,81)/b51-43-. The zero-order valence-electron chi connectivity index (χ0n) is 55.7. The van der Waals surface area contributed by atoms with Crippen LogP contribution in [0.5, 0.6) is 11.5 Å². The van der Waals surface area contributed by atoms with E-state index in [1.807, 2.05) is 43.3 Å². The molecule has 496 valence electrons. The maximum atomic E-state index is 13.7. The number of nitrogens with two attached hydrogens (primary N) is 2. The van der Waals surface area contributed by atoms with Crippen LogP contribution in [0.15, 0.2) is 114 Å². The van der Waals surface area contributed by atoms with Crippen LogP contribution in [0.25, 0.3) is 44.8 Å². The second kappa shape index (κ2) is 30.7. The Bertz CT molecular complexity index is 3730. The highest BCUT2D eigenvalue weighted by Crippen LogP contribution is 2.40. The number of primary amides is 1. The monoisotopic (exact) mass is 1270 g/mol. The second-order valence-corrected chi connectivity index (χ2v) is 26.5. The van der Waals surface area contributed by atoms with Gasteiger partial charge < -0.3 is 76.3 Å². The molecular formula is C71H96N16O6. The lowest BCUT2D eigenvalue weighted by atomic mass is 9.82. The van der Waals surface area contributed by atoms with Gasteiger partial charge in [-0.15, -0.1) is 0 Å². The van der Waals surface area contributed by atoms with Gasteiger partial charge >= 0.3 is 0 Å². The molecule has 1 aliphatic carbocycles. The number of amides is 4. The van der Waals surface area contributed by atoms with Gasteiger partial charge in [-0.25, -0.2) is 9.97 Å². The molecule has 93 heavy (non-hydrogen) atoms. The number of aromatic nitrogens is 4. The van der Waals surface area contributed by atoms with Crippen molar-refractivity contribution in [3.05, 3.63) is 125 Å². The van der Waals surface area contributed by atoms with E-state index in [9.17, 15) is 19.2 Å². The van der Waals surface area contributed by atoms with Gasteiger partial charge in [-0.1, -0.05) is 59.8 Å². The second-order valence-electron chi connectivity index (χ2n) is 26.5. The van der Waals surface area contributed by atoms with Crippen molar-refractivity contribution in [2.24, 2.45) is 16.5 Å². The van der Waals surface area contributed by atoms with Gasteiger partial charge in [0.15, 0.2) is 0 Å². The van der Waals surface area contributed by atoms with Gasteiger partial charge in [-0.3, -0.25) is 24.2 Å². The van der Waals surface area contributed by atoms with Crippen LogP contribution >= 0.6 is 0 Å². The summed E-state index contributed by atoms with van der Waals surface area (Å²) in [6.07, 6.45) is 11.0. The first kappa shape index (κ1) is 67.0. The minimum Gasteiger partial charge on any atom is -0.494 e. The number of amidine groups is 1. The predicted molar refractivity (Wildman–Crippen MR) is 369 cm³/mol. The number of nitrogens with zero attached hydrogens (tertiary/aromatic N) is 9. The number of allylic oxidation sites excluding steroid dienone is 1. The number of ether oxygens (including phenoxy) is 2. The van der Waals surface area contributed by atoms with Crippen LogP contribution in [0.4, 0.5) is 5.69 Å². The molecule has 10 rings (SSSR count). The van der Waals surface area contributed by atoms with Gasteiger partial charge in [-0.2, -0.15) is 0 Å². The van der Waals surface area contributed by atoms with Crippen molar-refractivity contribution in [3.8, 4) is 34.3 Å². The topological polar surface area (TPSA) is 264 Å². The number of fused-ring (bicyclic) bond motifs is 3. The minimum atomic E-state index is -0.704. The summed E-state index contributed by atoms with van der Waals surface area (Å²) in [5.74, 6) is 2.66. The fraction of sp³-hybridized carbons (Fsp3) is 0.479. The maximum Gasteiger partial charge on any atom is 0.243 e. The maximum absolute atomic E-state index is 13.7. The average Bonchev–Trinajstić information content (AvgIpc) is 1.78. The number of carbonyl (C=O) groups excluding carboxylic acids is 4. The first-order valence-electron chi connectivity index (χ1n) is 33.2. The van der Waals surface area contributed by atoms with Crippen molar-refractivity contribution in [1.29, 1.82) is 0 Å². The fourth-order valence-electron chi connectivity index (χ4n) is 12.2. The molecule has 9 N–H and O–H groups in total. The lowest BCUT2D eigenvalue weighted by Crippen LogP contribution is -2.47. The van der Waals surface area contributed by atoms with Crippen molar-refractivity contribution in [1.82, 2.24) is 60.4 Å². The van der Waals surface area contributed by atoms with E-state index in [1.165, 1.54) is 21.2 Å². The number of anilines is 1. The van der Waals surface area contributed by atoms with Gasteiger partial charge in [0, 0.05) is 130 Å². The highest BCUT2D eigenvalue weighted by molar-refractivity contribution is 6.01. The number of piperazine rings is 2. The fourth-order valence-corrected chi connectivity index (χ4v) is 12.2. The number of aliphatic imine (C=N–C) groups is 1. The lowest BCUT2D eigenvalue weighted by molar-refractivity contribution is -0.141. The van der Waals surface area contributed by atoms with Crippen molar-refractivity contribution in [2.45, 2.75) is 103 Å². The van der Waals surface area contributed by atoms with Crippen molar-refractivity contribution in [2.75, 3.05) is 124 Å². The molecule has 3 aliphatic heterocycles. The summed E-state index contributed by atoms with van der Waals surface area (Å²) >= 11 is 0. The molecule has 4 aromatic carbocycles. The predicted octanol–water partition coefficient (Wildman–Crippen LogP) is 7.20. The molecule has 2 fully saturated rings. The van der Waals surface area contributed by atoms with Crippen LogP contribution in [0.2, 0.25) is 0 Å². The van der Waals surface area contributed by atoms with Crippen LogP contribution in [-0.2, 0) is 24.6 Å². The number of H-pyrrole nitrogens is 2. The van der Waals surface area contributed by atoms with Crippen molar-refractivity contribution in [3.63, 3.8) is 0 Å². The highest BCUT2D eigenvalue weighted by atomic mass is 16.5. The van der Waals surface area contributed by atoms with Gasteiger partial charge in [0.25, 0.3) is 0 Å². The number of carbonyl (C=O) groups is 4. The Morgan fingerprint density at radius 1 is 0.731 bits per heavy atom. The highest BCUT2D eigenvalue weighted by Gasteiger charge is 2.33. The Morgan fingerprint density at radius 3 is 2.11 bits per heavy atom. The van der Waals surface area contributed by atoms with E-state index in [2.05, 4.69) is 149 Å². The first-order chi connectivity index (χ1) is 44.7. The van der Waals surface area contributed by atoms with Crippen molar-refractivity contribution >= 4 is 57.2 Å². The SMILES string of the molecule is CCCN(CC(=O)N(CC(N)=O)C/C(N)=C/NCCCNC(=O)CCCOc1c(C(C)C)cc(C2=NC3C=CC(N4CCN(C)CC4)=CC3N2)cc1C(C)(C)C)C(=O)CCCOc1cccc(-c2nc3ccc(-c4nc5ccc(N6CCN(C)CC6)cc5[nH]4)cc3[nH]2)c1. The Hall–Kier alpha value is -8.89. The number of nitrogens with one attached hydrogen (secondary N) is 5. The first-order valence-corrected chi connectivity index (χ1v) is 33.2. The minimum absolute atomic E-state index is 0.0480. The zero-order valence-corrected chi connectivity index (χ0v) is 55.7. The third-order valence-corrected chi connectivity index (χ3v) is 17.6. The summed E-state index contributed by atoms with van der Waals surface area (Å²) < 4.78 is 12.7. The van der Waals surface area contributed by atoms with Crippen LogP contribution in [0.1, 0.15) is 103 Å². The number of rotatable bonds is 29. The number of benzene rings is 4. The number of likely N-dealkylation sites (N-methyl/N-ethyl adjacent to an activating group) is 2. The van der Waals surface area contributed by atoms with Gasteiger partial charge in [0.1, 0.15) is 29.0 Å². The Kier molecular flexibility index (Phi) is 22.1. The molecule has 0 radical (unpaired) electrons. The summed E-state index contributed by atoms with van der Waals surface area (Å²) in [6, 6.07) is 24.8. The summed E-state index contributed by atoms with van der Waals surface area (Å²) in [7, 11) is 4.34. The molecule has 4 amide bonds. The molecule has 2 aromatic heterocycles. The van der Waals surface area contributed by atoms with Crippen LogP contribution in [0, 0.1) is 0 Å². The molecule has 5 heterocycles. The van der Waals surface area contributed by atoms with Crippen molar-refractivity contribution < 1.29 is 28.7 Å². The van der Waals surface area contributed by atoms with E-state index in [-0.39, 0.29) is 67.9 Å². The molecular weight excluding hydrogens is 1170 g/mol. The summed E-state index contributed by atoms with van der Waals surface area (Å²) in [4.78, 5) is 86.8. The number of imidazole rings is 2. The van der Waals surface area contributed by atoms with Crippen LogP contribution < -0.4 is 41.8 Å². The summed E-state index contributed by atoms with van der Waals surface area (Å²) in [5.41, 5.74) is 23.2. The summed E-state index contributed by atoms with van der Waals surface area (Å²) in [6.45, 7) is 22.4. The molecule has 6 aromatic rings. The molecule has 22 heteroatoms. The van der Waals surface area contributed by atoms with Gasteiger partial charge in [0.05, 0.1) is 67.0 Å². The van der Waals surface area contributed by atoms with Crippen LogP contribution in [-0.4, -0.2) is 205 Å². The molecule has 0 spiro atoms. The molecule has 4 aliphatic rings. The number of hydrogen-bond donors (Lipinski definition) is 7. The molecule has 22 nitrogen and oxygen atoms in total. The number of aromatic amines is 2. The molecule has 2 atom stereocenters. The summed E-state index contributed by atoms with van der Waals surface area (Å²) in [5, 5.41) is 9.89. The lowest BCUT2D eigenvalue weighted by Gasteiger charge is -2.36. The third kappa shape index (κ3) is 17.6. The normalized spacial score (nSPS) is 17.1. The molecule has 0 bridgehead atoms. The Labute approximate surface area is 547 Å². The van der Waals surface area contributed by atoms with E-state index in [1.54, 1.807) is 6.20 Å². The molecule has 0 saturated carbocycles. The molecule has 2 unspecified atom stereocenters. The third-order valence-electron chi connectivity index (χ3n) is 17.6. The van der Waals surface area contributed by atoms with E-state index in [4.69, 9.17) is 35.9 Å².